The lowest BCUT2D eigenvalue weighted by Gasteiger charge is -2.13. The monoisotopic (exact) mass is 372 g/mol. The normalized spacial score (nSPS) is 12.4. The van der Waals surface area contributed by atoms with Crippen LogP contribution in [0.1, 0.15) is 11.1 Å². The number of alkyl halides is 6. The molecule has 26 heavy (non-hydrogen) atoms. The van der Waals surface area contributed by atoms with Gasteiger partial charge in [0.25, 0.3) is 0 Å². The van der Waals surface area contributed by atoms with E-state index >= 15 is 0 Å². The largest absolute Gasteiger partial charge is 0.417 e. The number of aromatic nitrogens is 3. The van der Waals surface area contributed by atoms with Gasteiger partial charge >= 0.3 is 12.4 Å². The van der Waals surface area contributed by atoms with Gasteiger partial charge in [0.2, 0.25) is 0 Å². The molecule has 136 valence electrons. The third-order valence-corrected chi connectivity index (χ3v) is 3.64. The molecule has 0 unspecified atom stereocenters. The Bertz CT molecular complexity index is 867. The van der Waals surface area contributed by atoms with Crippen molar-refractivity contribution in [1.29, 1.82) is 0 Å². The van der Waals surface area contributed by atoms with Gasteiger partial charge in [0, 0.05) is 11.1 Å². The number of nitrogens with two attached hydrogens (primary N) is 1. The van der Waals surface area contributed by atoms with Crippen molar-refractivity contribution in [2.24, 2.45) is 0 Å². The van der Waals surface area contributed by atoms with Gasteiger partial charge < -0.3 is 5.84 Å². The summed E-state index contributed by atoms with van der Waals surface area (Å²) in [6.45, 7) is 0. The molecule has 0 fully saturated rings. The Balaban J connectivity index is 2.19. The molecule has 3 aromatic rings. The first-order valence-electron chi connectivity index (χ1n) is 7.14. The van der Waals surface area contributed by atoms with E-state index in [1.54, 1.807) is 0 Å². The SMILES string of the molecule is Nn1c(-c2ccccc2C(F)(F)F)nnc1-c1ccccc1C(F)(F)F. The molecule has 1 aromatic heterocycles. The maximum Gasteiger partial charge on any atom is 0.417 e. The highest BCUT2D eigenvalue weighted by molar-refractivity contribution is 5.68. The lowest BCUT2D eigenvalue weighted by molar-refractivity contribution is -0.137. The van der Waals surface area contributed by atoms with Crippen LogP contribution < -0.4 is 5.84 Å². The average molecular weight is 372 g/mol. The first-order valence-corrected chi connectivity index (χ1v) is 7.14. The summed E-state index contributed by atoms with van der Waals surface area (Å²) >= 11 is 0. The number of halogens is 6. The summed E-state index contributed by atoms with van der Waals surface area (Å²) in [6.07, 6.45) is -9.38. The quantitative estimate of drug-likeness (QED) is 0.537. The minimum atomic E-state index is -4.69. The van der Waals surface area contributed by atoms with Crippen LogP contribution in [-0.2, 0) is 12.4 Å². The van der Waals surface area contributed by atoms with Gasteiger partial charge in [-0.1, -0.05) is 36.4 Å². The third-order valence-electron chi connectivity index (χ3n) is 3.64. The van der Waals surface area contributed by atoms with Crippen LogP contribution in [0.3, 0.4) is 0 Å². The minimum Gasteiger partial charge on any atom is -0.336 e. The molecule has 0 radical (unpaired) electrons. The molecule has 0 aliphatic rings. The Labute approximate surface area is 142 Å². The smallest absolute Gasteiger partial charge is 0.336 e. The molecule has 4 nitrogen and oxygen atoms in total. The van der Waals surface area contributed by atoms with Crippen molar-refractivity contribution >= 4 is 0 Å². The van der Waals surface area contributed by atoms with Gasteiger partial charge in [-0.15, -0.1) is 10.2 Å². The molecule has 0 atom stereocenters. The fourth-order valence-corrected chi connectivity index (χ4v) is 2.51. The van der Waals surface area contributed by atoms with E-state index < -0.39 is 35.1 Å². The van der Waals surface area contributed by atoms with E-state index in [4.69, 9.17) is 5.84 Å². The summed E-state index contributed by atoms with van der Waals surface area (Å²) in [5.74, 6) is 4.95. The summed E-state index contributed by atoms with van der Waals surface area (Å²) in [6, 6.07) is 8.93. The van der Waals surface area contributed by atoms with E-state index in [-0.39, 0.29) is 11.1 Å². The molecule has 0 saturated heterocycles. The van der Waals surface area contributed by atoms with Crippen molar-refractivity contribution < 1.29 is 26.3 Å². The Morgan fingerprint density at radius 1 is 0.654 bits per heavy atom. The summed E-state index contributed by atoms with van der Waals surface area (Å²) < 4.78 is 79.6. The van der Waals surface area contributed by atoms with Gasteiger partial charge in [0.05, 0.1) is 11.1 Å². The zero-order valence-corrected chi connectivity index (χ0v) is 12.8. The Hall–Kier alpha value is -3.04. The predicted octanol–water partition coefficient (Wildman–Crippen LogP) is 4.36. The molecule has 0 saturated carbocycles. The number of benzene rings is 2. The zero-order chi connectivity index (χ0) is 19.1. The van der Waals surface area contributed by atoms with Gasteiger partial charge in [0.15, 0.2) is 11.6 Å². The summed E-state index contributed by atoms with van der Waals surface area (Å²) in [4.78, 5) is 0. The topological polar surface area (TPSA) is 56.7 Å². The molecule has 2 aromatic carbocycles. The van der Waals surface area contributed by atoms with E-state index in [0.717, 1.165) is 24.3 Å². The number of hydrogen-bond acceptors (Lipinski definition) is 3. The summed E-state index contributed by atoms with van der Waals surface area (Å²) in [5, 5.41) is 7.16. The molecular formula is C16H10F6N4. The maximum atomic E-state index is 13.2. The van der Waals surface area contributed by atoms with Crippen molar-refractivity contribution in [1.82, 2.24) is 14.9 Å². The first-order chi connectivity index (χ1) is 12.1. The molecule has 3 rings (SSSR count). The second kappa shape index (κ2) is 6.04. The molecule has 0 aliphatic carbocycles. The lowest BCUT2D eigenvalue weighted by Crippen LogP contribution is -2.16. The van der Waals surface area contributed by atoms with Crippen LogP contribution in [0.4, 0.5) is 26.3 Å². The van der Waals surface area contributed by atoms with Gasteiger partial charge in [-0.05, 0) is 12.1 Å². The van der Waals surface area contributed by atoms with Crippen molar-refractivity contribution in [2.45, 2.75) is 12.4 Å². The molecule has 0 aliphatic heterocycles. The van der Waals surface area contributed by atoms with E-state index in [2.05, 4.69) is 10.2 Å². The van der Waals surface area contributed by atoms with Crippen LogP contribution in [0.25, 0.3) is 22.8 Å². The number of rotatable bonds is 2. The molecule has 10 heteroatoms. The standard InChI is InChI=1S/C16H10F6N4/c17-15(18,19)11-7-3-1-5-9(11)13-24-25-14(26(13)23)10-6-2-4-8-12(10)16(20,21)22/h1-8H,23H2. The fourth-order valence-electron chi connectivity index (χ4n) is 2.51. The van der Waals surface area contributed by atoms with Crippen LogP contribution in [0, 0.1) is 0 Å². The highest BCUT2D eigenvalue weighted by atomic mass is 19.4. The van der Waals surface area contributed by atoms with Crippen molar-refractivity contribution in [2.75, 3.05) is 5.84 Å². The maximum absolute atomic E-state index is 13.2. The molecule has 0 bridgehead atoms. The van der Waals surface area contributed by atoms with Crippen LogP contribution in [0.5, 0.6) is 0 Å². The second-order valence-corrected chi connectivity index (χ2v) is 5.30. The van der Waals surface area contributed by atoms with Gasteiger partial charge in [-0.25, -0.2) is 4.68 Å². The van der Waals surface area contributed by atoms with Gasteiger partial charge in [-0.2, -0.15) is 26.3 Å². The zero-order valence-electron chi connectivity index (χ0n) is 12.8. The van der Waals surface area contributed by atoms with Crippen molar-refractivity contribution in [3.8, 4) is 22.8 Å². The Morgan fingerprint density at radius 3 is 1.35 bits per heavy atom. The van der Waals surface area contributed by atoms with Crippen molar-refractivity contribution in [3.05, 3.63) is 59.7 Å². The number of nitrogen functional groups attached to an aromatic ring is 1. The van der Waals surface area contributed by atoms with Gasteiger partial charge in [0.1, 0.15) is 0 Å². The van der Waals surface area contributed by atoms with Crippen molar-refractivity contribution in [3.63, 3.8) is 0 Å². The first kappa shape index (κ1) is 17.8. The van der Waals surface area contributed by atoms with Crippen LogP contribution >= 0.6 is 0 Å². The van der Waals surface area contributed by atoms with Crippen LogP contribution in [0.15, 0.2) is 48.5 Å². The lowest BCUT2D eigenvalue weighted by atomic mass is 10.1. The molecule has 2 N–H and O–H groups in total. The molecule has 1 heterocycles. The van der Waals surface area contributed by atoms with E-state index in [1.165, 1.54) is 24.3 Å². The summed E-state index contributed by atoms with van der Waals surface area (Å²) in [7, 11) is 0. The Kier molecular flexibility index (Phi) is 4.13. The third kappa shape index (κ3) is 3.09. The van der Waals surface area contributed by atoms with Gasteiger partial charge in [-0.3, -0.25) is 0 Å². The van der Waals surface area contributed by atoms with E-state index in [9.17, 15) is 26.3 Å². The van der Waals surface area contributed by atoms with Crippen LogP contribution in [-0.4, -0.2) is 14.9 Å². The van der Waals surface area contributed by atoms with E-state index in [0.29, 0.717) is 4.68 Å². The molecular weight excluding hydrogens is 362 g/mol. The highest BCUT2D eigenvalue weighted by Gasteiger charge is 2.37. The number of hydrogen-bond donors (Lipinski definition) is 1. The van der Waals surface area contributed by atoms with Crippen LogP contribution in [0.2, 0.25) is 0 Å². The average Bonchev–Trinajstić information content (AvgIpc) is 2.94. The molecule has 0 amide bonds. The summed E-state index contributed by atoms with van der Waals surface area (Å²) in [5.41, 5.74) is -2.80. The second-order valence-electron chi connectivity index (χ2n) is 5.30. The van der Waals surface area contributed by atoms with E-state index in [1.807, 2.05) is 0 Å². The Morgan fingerprint density at radius 2 is 1.00 bits per heavy atom. The minimum absolute atomic E-state index is 0.384. The number of nitrogens with zero attached hydrogens (tertiary/aromatic N) is 3. The highest BCUT2D eigenvalue weighted by Crippen LogP contribution is 2.39. The fraction of sp³-hybridized carbons (Fsp3) is 0.125. The predicted molar refractivity (Wildman–Crippen MR) is 81.0 cm³/mol. The molecule has 0 spiro atoms.